The van der Waals surface area contributed by atoms with Gasteiger partial charge in [0.1, 0.15) is 12.3 Å². The zero-order valence-electron chi connectivity index (χ0n) is 11.1. The molecule has 19 heavy (non-hydrogen) atoms. The Balaban J connectivity index is 2.28. The molecule has 0 radical (unpaired) electrons. The zero-order valence-corrected chi connectivity index (χ0v) is 11.1. The van der Waals surface area contributed by atoms with Gasteiger partial charge in [-0.25, -0.2) is 0 Å². The van der Waals surface area contributed by atoms with E-state index in [1.165, 1.54) is 4.90 Å². The first-order chi connectivity index (χ1) is 9.17. The summed E-state index contributed by atoms with van der Waals surface area (Å²) >= 11 is 0. The van der Waals surface area contributed by atoms with Crippen LogP contribution in [-0.2, 0) is 14.3 Å². The molecule has 1 heterocycles. The molecule has 0 bridgehead atoms. The lowest BCUT2D eigenvalue weighted by Gasteiger charge is -2.33. The van der Waals surface area contributed by atoms with Gasteiger partial charge in [0, 0.05) is 0 Å². The molecular weight excluding hydrogens is 246 g/mol. The smallest absolute Gasteiger partial charge is 0.326 e. The second-order valence-corrected chi connectivity index (χ2v) is 4.21. The second kappa shape index (κ2) is 5.73. The summed E-state index contributed by atoms with van der Waals surface area (Å²) < 4.78 is 10.5. The van der Waals surface area contributed by atoms with Crippen molar-refractivity contribution >= 4 is 17.6 Å². The van der Waals surface area contributed by atoms with E-state index in [1.54, 1.807) is 25.1 Å². The molecule has 1 aliphatic heterocycles. The van der Waals surface area contributed by atoms with Crippen molar-refractivity contribution in [1.82, 2.24) is 0 Å². The van der Waals surface area contributed by atoms with E-state index in [2.05, 4.69) is 0 Å². The minimum absolute atomic E-state index is 0.0798. The maximum Gasteiger partial charge on any atom is 0.326 e. The Kier molecular flexibility index (Phi) is 4.04. The van der Waals surface area contributed by atoms with Crippen LogP contribution in [0.1, 0.15) is 20.3 Å². The fraction of sp³-hybridized carbons (Fsp3) is 0.429. The molecule has 0 saturated heterocycles. The normalized spacial score (nSPS) is 17.7. The lowest BCUT2D eigenvalue weighted by atomic mass is 10.1. The van der Waals surface area contributed by atoms with Crippen LogP contribution in [0.2, 0.25) is 0 Å². The van der Waals surface area contributed by atoms with E-state index in [4.69, 9.17) is 9.47 Å². The summed E-state index contributed by atoms with van der Waals surface area (Å²) in [5.41, 5.74) is 0.616. The molecule has 0 fully saturated rings. The number of ether oxygens (including phenoxy) is 2. The summed E-state index contributed by atoms with van der Waals surface area (Å²) in [5.74, 6) is 0.00917. The molecule has 2 rings (SSSR count). The summed E-state index contributed by atoms with van der Waals surface area (Å²) in [6.45, 7) is 3.83. The quantitative estimate of drug-likeness (QED) is 0.777. The van der Waals surface area contributed by atoms with Crippen molar-refractivity contribution in [1.29, 1.82) is 0 Å². The van der Waals surface area contributed by atoms with Gasteiger partial charge < -0.3 is 9.47 Å². The van der Waals surface area contributed by atoms with E-state index in [0.717, 1.165) is 0 Å². The number of carbonyl (C=O) groups is 2. The number of hydrogen-bond acceptors (Lipinski definition) is 4. The summed E-state index contributed by atoms with van der Waals surface area (Å²) in [6, 6.07) is 7.20. The van der Waals surface area contributed by atoms with Crippen LogP contribution in [0.3, 0.4) is 0 Å². The van der Waals surface area contributed by atoms with Crippen molar-refractivity contribution in [2.75, 3.05) is 18.1 Å². The fourth-order valence-corrected chi connectivity index (χ4v) is 2.03. The van der Waals surface area contributed by atoms with Gasteiger partial charge in [0.05, 0.1) is 12.3 Å². The van der Waals surface area contributed by atoms with Crippen molar-refractivity contribution in [3.05, 3.63) is 24.3 Å². The van der Waals surface area contributed by atoms with Crippen LogP contribution in [0.15, 0.2) is 24.3 Å². The number of fused-ring (bicyclic) bond motifs is 1. The van der Waals surface area contributed by atoms with E-state index in [1.807, 2.05) is 13.0 Å². The molecule has 0 aromatic heterocycles. The zero-order chi connectivity index (χ0) is 13.8. The Bertz CT molecular complexity index is 486. The predicted molar refractivity (Wildman–Crippen MR) is 70.1 cm³/mol. The average molecular weight is 263 g/mol. The monoisotopic (exact) mass is 263 g/mol. The molecule has 1 aromatic rings. The van der Waals surface area contributed by atoms with Crippen molar-refractivity contribution in [2.24, 2.45) is 0 Å². The number of esters is 1. The first-order valence-electron chi connectivity index (χ1n) is 6.40. The number of carbonyl (C=O) groups excluding carboxylic acids is 2. The van der Waals surface area contributed by atoms with Gasteiger partial charge in [-0.2, -0.15) is 0 Å². The molecule has 5 nitrogen and oxygen atoms in total. The average Bonchev–Trinajstić information content (AvgIpc) is 2.42. The van der Waals surface area contributed by atoms with Crippen LogP contribution in [0.4, 0.5) is 5.69 Å². The van der Waals surface area contributed by atoms with Crippen molar-refractivity contribution in [3.8, 4) is 5.75 Å². The molecule has 1 aromatic carbocycles. The van der Waals surface area contributed by atoms with Crippen LogP contribution in [0.5, 0.6) is 5.75 Å². The predicted octanol–water partition coefficient (Wildman–Crippen LogP) is 1.75. The Hall–Kier alpha value is -2.04. The van der Waals surface area contributed by atoms with E-state index >= 15 is 0 Å². The van der Waals surface area contributed by atoms with E-state index in [-0.39, 0.29) is 12.5 Å². The highest BCUT2D eigenvalue weighted by molar-refractivity contribution is 6.03. The van der Waals surface area contributed by atoms with Gasteiger partial charge in [0.15, 0.2) is 6.10 Å². The van der Waals surface area contributed by atoms with E-state index < -0.39 is 12.1 Å². The Labute approximate surface area is 112 Å². The molecular formula is C14H17NO4. The first-order valence-corrected chi connectivity index (χ1v) is 6.40. The topological polar surface area (TPSA) is 55.8 Å². The number of rotatable bonds is 4. The summed E-state index contributed by atoms with van der Waals surface area (Å²) in [7, 11) is 0. The lowest BCUT2D eigenvalue weighted by molar-refractivity contribution is -0.143. The van der Waals surface area contributed by atoms with Gasteiger partial charge in [-0.05, 0) is 25.5 Å². The van der Waals surface area contributed by atoms with Gasteiger partial charge in [-0.15, -0.1) is 0 Å². The molecule has 1 amide bonds. The molecule has 102 valence electrons. The van der Waals surface area contributed by atoms with E-state index in [0.29, 0.717) is 24.5 Å². The Morgan fingerprint density at radius 2 is 2.11 bits per heavy atom. The van der Waals surface area contributed by atoms with Gasteiger partial charge in [-0.3, -0.25) is 14.5 Å². The molecule has 0 spiro atoms. The Morgan fingerprint density at radius 1 is 1.37 bits per heavy atom. The standard InChI is InChI=1S/C14H17NO4/c1-3-11-14(17)15(9-13(16)18-4-2)10-7-5-6-8-12(10)19-11/h5-8,11H,3-4,9H2,1-2H3/t11-/m0/s1. The van der Waals surface area contributed by atoms with Gasteiger partial charge in [0.25, 0.3) is 5.91 Å². The van der Waals surface area contributed by atoms with Crippen LogP contribution in [-0.4, -0.2) is 31.1 Å². The Morgan fingerprint density at radius 3 is 2.79 bits per heavy atom. The number of anilines is 1. The summed E-state index contributed by atoms with van der Waals surface area (Å²) in [5, 5.41) is 0. The summed E-state index contributed by atoms with van der Waals surface area (Å²) in [6.07, 6.45) is 0.0243. The van der Waals surface area contributed by atoms with Crippen LogP contribution < -0.4 is 9.64 Å². The molecule has 1 atom stereocenters. The maximum atomic E-state index is 12.3. The number of amides is 1. The molecule has 0 unspecified atom stereocenters. The largest absolute Gasteiger partial charge is 0.478 e. The number of benzene rings is 1. The summed E-state index contributed by atoms with van der Waals surface area (Å²) in [4.78, 5) is 25.3. The molecule has 1 aliphatic rings. The number of hydrogen-bond donors (Lipinski definition) is 0. The molecule has 0 aliphatic carbocycles. The highest BCUT2D eigenvalue weighted by Crippen LogP contribution is 2.34. The lowest BCUT2D eigenvalue weighted by Crippen LogP contribution is -2.48. The van der Waals surface area contributed by atoms with Crippen molar-refractivity contribution < 1.29 is 19.1 Å². The van der Waals surface area contributed by atoms with Gasteiger partial charge in [-0.1, -0.05) is 19.1 Å². The second-order valence-electron chi connectivity index (χ2n) is 4.21. The van der Waals surface area contributed by atoms with Crippen molar-refractivity contribution in [3.63, 3.8) is 0 Å². The molecule has 0 N–H and O–H groups in total. The third-order valence-electron chi connectivity index (χ3n) is 2.93. The number of para-hydroxylation sites is 2. The highest BCUT2D eigenvalue weighted by atomic mass is 16.5. The fourth-order valence-electron chi connectivity index (χ4n) is 2.03. The minimum Gasteiger partial charge on any atom is -0.478 e. The maximum absolute atomic E-state index is 12.3. The third kappa shape index (κ3) is 2.70. The SMILES string of the molecule is CCOC(=O)CN1C(=O)[C@H](CC)Oc2ccccc21. The van der Waals surface area contributed by atoms with Gasteiger partial charge >= 0.3 is 5.97 Å². The highest BCUT2D eigenvalue weighted by Gasteiger charge is 2.34. The molecule has 5 heteroatoms. The number of nitrogens with zero attached hydrogens (tertiary/aromatic N) is 1. The first kappa shape index (κ1) is 13.4. The van der Waals surface area contributed by atoms with Crippen molar-refractivity contribution in [2.45, 2.75) is 26.4 Å². The van der Waals surface area contributed by atoms with Crippen LogP contribution in [0.25, 0.3) is 0 Å². The molecule has 0 saturated carbocycles. The van der Waals surface area contributed by atoms with E-state index in [9.17, 15) is 9.59 Å². The minimum atomic E-state index is -0.538. The van der Waals surface area contributed by atoms with Crippen LogP contribution in [0, 0.1) is 0 Å². The van der Waals surface area contributed by atoms with Gasteiger partial charge in [0.2, 0.25) is 0 Å². The third-order valence-corrected chi connectivity index (χ3v) is 2.93. The van der Waals surface area contributed by atoms with Crippen LogP contribution >= 0.6 is 0 Å².